The van der Waals surface area contributed by atoms with Crippen molar-refractivity contribution in [2.75, 3.05) is 7.11 Å². The molecule has 0 amide bonds. The molecule has 2 aromatic heterocycles. The third-order valence-electron chi connectivity index (χ3n) is 3.62. The summed E-state index contributed by atoms with van der Waals surface area (Å²) < 4.78 is 16.1. The Balaban J connectivity index is 2.12. The number of nitrogens with zero attached hydrogens (tertiary/aromatic N) is 1. The number of furan rings is 2. The quantitative estimate of drug-likeness (QED) is 0.762. The fourth-order valence-electron chi connectivity index (χ4n) is 2.33. The number of rotatable bonds is 6. The van der Waals surface area contributed by atoms with Gasteiger partial charge in [-0.2, -0.15) is 0 Å². The van der Waals surface area contributed by atoms with Crippen LogP contribution < -0.4 is 0 Å². The minimum absolute atomic E-state index is 0.317. The lowest BCUT2D eigenvalue weighted by molar-refractivity contribution is 0.0599. The van der Waals surface area contributed by atoms with Gasteiger partial charge in [-0.3, -0.25) is 4.90 Å². The van der Waals surface area contributed by atoms with Gasteiger partial charge < -0.3 is 13.6 Å². The van der Waals surface area contributed by atoms with Gasteiger partial charge in [0.1, 0.15) is 28.6 Å². The zero-order valence-corrected chi connectivity index (χ0v) is 13.8. The summed E-state index contributed by atoms with van der Waals surface area (Å²) in [4.78, 5) is 13.9. The maximum atomic E-state index is 11.7. The number of carbonyl (C=O) groups is 1. The van der Waals surface area contributed by atoms with Gasteiger partial charge in [0.05, 0.1) is 20.2 Å². The van der Waals surface area contributed by atoms with Gasteiger partial charge in [-0.15, -0.1) is 0 Å². The number of hydrogen-bond donors (Lipinski definition) is 0. The Kier molecular flexibility index (Phi) is 5.08. The van der Waals surface area contributed by atoms with Crippen molar-refractivity contribution in [3.05, 3.63) is 46.8 Å². The maximum absolute atomic E-state index is 11.7. The van der Waals surface area contributed by atoms with Crippen molar-refractivity contribution >= 4 is 5.97 Å². The molecule has 0 aliphatic carbocycles. The Bertz CT molecular complexity index is 639. The average molecular weight is 305 g/mol. The second-order valence-corrected chi connectivity index (χ2v) is 5.69. The van der Waals surface area contributed by atoms with Gasteiger partial charge in [-0.25, -0.2) is 4.79 Å². The lowest BCUT2D eigenvalue weighted by Crippen LogP contribution is -2.29. The molecular formula is C17H23NO4. The lowest BCUT2D eigenvalue weighted by atomic mass is 10.2. The van der Waals surface area contributed by atoms with E-state index >= 15 is 0 Å². The molecule has 0 atom stereocenters. The summed E-state index contributed by atoms with van der Waals surface area (Å²) in [6, 6.07) is 6.01. The Morgan fingerprint density at radius 2 is 1.86 bits per heavy atom. The fourth-order valence-corrected chi connectivity index (χ4v) is 2.33. The molecule has 0 N–H and O–H groups in total. The zero-order chi connectivity index (χ0) is 16.3. The molecule has 0 spiro atoms. The Morgan fingerprint density at radius 3 is 2.41 bits per heavy atom. The summed E-state index contributed by atoms with van der Waals surface area (Å²) in [6.45, 7) is 9.24. The second kappa shape index (κ2) is 6.83. The van der Waals surface area contributed by atoms with E-state index in [0.717, 1.165) is 17.3 Å². The van der Waals surface area contributed by atoms with Crippen molar-refractivity contribution in [1.82, 2.24) is 4.90 Å². The van der Waals surface area contributed by atoms with Crippen LogP contribution in [0.5, 0.6) is 0 Å². The molecule has 0 aliphatic heterocycles. The molecule has 0 radical (unpaired) electrons. The van der Waals surface area contributed by atoms with Crippen LogP contribution in [0.15, 0.2) is 27.0 Å². The monoisotopic (exact) mass is 305 g/mol. The molecule has 2 heterocycles. The van der Waals surface area contributed by atoms with Crippen LogP contribution in [0, 0.1) is 13.8 Å². The SMILES string of the molecule is COC(=O)c1cc(CN(Cc2ccc(C)o2)C(C)C)oc1C. The molecule has 0 unspecified atom stereocenters. The van der Waals surface area contributed by atoms with Gasteiger partial charge in [0.2, 0.25) is 0 Å². The highest BCUT2D eigenvalue weighted by Gasteiger charge is 2.19. The average Bonchev–Trinajstić information content (AvgIpc) is 3.03. The summed E-state index contributed by atoms with van der Waals surface area (Å²) in [5.74, 6) is 2.78. The van der Waals surface area contributed by atoms with Gasteiger partial charge in [0, 0.05) is 6.04 Å². The molecule has 0 aliphatic rings. The topological polar surface area (TPSA) is 55.8 Å². The summed E-state index contributed by atoms with van der Waals surface area (Å²) in [5.41, 5.74) is 0.482. The van der Waals surface area contributed by atoms with E-state index in [1.165, 1.54) is 7.11 Å². The van der Waals surface area contributed by atoms with Crippen molar-refractivity contribution in [3.63, 3.8) is 0 Å². The molecule has 0 saturated carbocycles. The number of hydrogen-bond acceptors (Lipinski definition) is 5. The zero-order valence-electron chi connectivity index (χ0n) is 13.8. The maximum Gasteiger partial charge on any atom is 0.341 e. The Labute approximate surface area is 130 Å². The van der Waals surface area contributed by atoms with Crippen molar-refractivity contribution in [2.24, 2.45) is 0 Å². The molecule has 5 nitrogen and oxygen atoms in total. The highest BCUT2D eigenvalue weighted by Crippen LogP contribution is 2.20. The number of carbonyl (C=O) groups excluding carboxylic acids is 1. The van der Waals surface area contributed by atoms with Crippen LogP contribution >= 0.6 is 0 Å². The van der Waals surface area contributed by atoms with Crippen LogP contribution in [0.2, 0.25) is 0 Å². The normalized spacial score (nSPS) is 11.4. The third kappa shape index (κ3) is 3.80. The predicted molar refractivity (Wildman–Crippen MR) is 82.6 cm³/mol. The third-order valence-corrected chi connectivity index (χ3v) is 3.62. The number of methoxy groups -OCH3 is 1. The van der Waals surface area contributed by atoms with E-state index in [1.807, 2.05) is 19.1 Å². The molecule has 120 valence electrons. The minimum atomic E-state index is -0.370. The number of aryl methyl sites for hydroxylation is 2. The summed E-state index contributed by atoms with van der Waals surface area (Å²) in [7, 11) is 1.37. The summed E-state index contributed by atoms with van der Waals surface area (Å²) >= 11 is 0. The largest absolute Gasteiger partial charge is 0.465 e. The van der Waals surface area contributed by atoms with Crippen LogP contribution in [-0.2, 0) is 17.8 Å². The van der Waals surface area contributed by atoms with Gasteiger partial charge in [-0.1, -0.05) is 0 Å². The molecule has 2 aromatic rings. The van der Waals surface area contributed by atoms with Crippen molar-refractivity contribution < 1.29 is 18.4 Å². The van der Waals surface area contributed by atoms with Gasteiger partial charge in [0.25, 0.3) is 0 Å². The lowest BCUT2D eigenvalue weighted by Gasteiger charge is -2.24. The number of ether oxygens (including phenoxy) is 1. The first-order chi connectivity index (χ1) is 10.4. The smallest absolute Gasteiger partial charge is 0.341 e. The standard InChI is InChI=1S/C17H23NO4/c1-11(2)18(9-14-7-6-12(3)21-14)10-15-8-16(13(4)22-15)17(19)20-5/h6-8,11H,9-10H2,1-5H3. The van der Waals surface area contributed by atoms with E-state index < -0.39 is 0 Å². The molecule has 0 fully saturated rings. The molecule has 22 heavy (non-hydrogen) atoms. The highest BCUT2D eigenvalue weighted by molar-refractivity contribution is 5.90. The molecule has 0 aromatic carbocycles. The highest BCUT2D eigenvalue weighted by atomic mass is 16.5. The Hall–Kier alpha value is -2.01. The van der Waals surface area contributed by atoms with E-state index in [-0.39, 0.29) is 5.97 Å². The van der Waals surface area contributed by atoms with Gasteiger partial charge in [-0.05, 0) is 45.9 Å². The molecule has 0 bridgehead atoms. The van der Waals surface area contributed by atoms with Crippen LogP contribution in [-0.4, -0.2) is 24.0 Å². The summed E-state index contributed by atoms with van der Waals surface area (Å²) in [5, 5.41) is 0. The second-order valence-electron chi connectivity index (χ2n) is 5.69. The van der Waals surface area contributed by atoms with Crippen LogP contribution in [0.4, 0.5) is 0 Å². The first kappa shape index (κ1) is 16.4. The number of esters is 1. The van der Waals surface area contributed by atoms with E-state index in [1.54, 1.807) is 13.0 Å². The van der Waals surface area contributed by atoms with Gasteiger partial charge in [0.15, 0.2) is 0 Å². The first-order valence-electron chi connectivity index (χ1n) is 7.37. The van der Waals surface area contributed by atoms with Crippen LogP contribution in [0.1, 0.15) is 47.2 Å². The summed E-state index contributed by atoms with van der Waals surface area (Å²) in [6.07, 6.45) is 0. The molecule has 0 saturated heterocycles. The van der Waals surface area contributed by atoms with E-state index in [2.05, 4.69) is 18.7 Å². The van der Waals surface area contributed by atoms with Crippen LogP contribution in [0.25, 0.3) is 0 Å². The van der Waals surface area contributed by atoms with Gasteiger partial charge >= 0.3 is 5.97 Å². The van der Waals surface area contributed by atoms with E-state index in [4.69, 9.17) is 13.6 Å². The molecule has 2 rings (SSSR count). The molecule has 5 heteroatoms. The van der Waals surface area contributed by atoms with E-state index in [9.17, 15) is 4.79 Å². The van der Waals surface area contributed by atoms with Crippen molar-refractivity contribution in [1.29, 1.82) is 0 Å². The van der Waals surface area contributed by atoms with E-state index in [0.29, 0.717) is 30.5 Å². The van der Waals surface area contributed by atoms with Crippen molar-refractivity contribution in [2.45, 2.75) is 46.8 Å². The van der Waals surface area contributed by atoms with Crippen molar-refractivity contribution in [3.8, 4) is 0 Å². The predicted octanol–water partition coefficient (Wildman–Crippen LogP) is 3.69. The Morgan fingerprint density at radius 1 is 1.18 bits per heavy atom. The fraction of sp³-hybridized carbons (Fsp3) is 0.471. The van der Waals surface area contributed by atoms with Crippen LogP contribution in [0.3, 0.4) is 0 Å². The molecular weight excluding hydrogens is 282 g/mol. The first-order valence-corrected chi connectivity index (χ1v) is 7.37. The minimum Gasteiger partial charge on any atom is -0.465 e.